The maximum absolute atomic E-state index is 12.4. The molecule has 0 unspecified atom stereocenters. The minimum atomic E-state index is -4.14. The van der Waals surface area contributed by atoms with E-state index in [4.69, 9.17) is 11.6 Å². The third kappa shape index (κ3) is 4.49. The predicted octanol–water partition coefficient (Wildman–Crippen LogP) is 2.74. The highest BCUT2D eigenvalue weighted by Crippen LogP contribution is 2.31. The van der Waals surface area contributed by atoms with Crippen LogP contribution >= 0.6 is 11.6 Å². The molecule has 118 valence electrons. The smallest absolute Gasteiger partial charge is 0.368 e. The Bertz CT molecular complexity index is 471. The van der Waals surface area contributed by atoms with Gasteiger partial charge in [-0.1, -0.05) is 23.7 Å². The van der Waals surface area contributed by atoms with Crippen molar-refractivity contribution in [2.75, 3.05) is 44.7 Å². The highest BCUT2D eigenvalue weighted by molar-refractivity contribution is 6.33. The molecule has 1 aliphatic rings. The van der Waals surface area contributed by atoms with Gasteiger partial charge in [0.2, 0.25) is 0 Å². The van der Waals surface area contributed by atoms with Crippen LogP contribution in [-0.4, -0.2) is 50.8 Å². The molecule has 21 heavy (non-hydrogen) atoms. The van der Waals surface area contributed by atoms with E-state index in [9.17, 15) is 13.2 Å². The van der Waals surface area contributed by atoms with Crippen molar-refractivity contribution in [1.82, 2.24) is 10.2 Å². The van der Waals surface area contributed by atoms with Crippen LogP contribution in [0.2, 0.25) is 5.02 Å². The summed E-state index contributed by atoms with van der Waals surface area (Å²) in [5.41, 5.74) is 1.99. The van der Waals surface area contributed by atoms with Gasteiger partial charge in [0, 0.05) is 32.7 Å². The Balaban J connectivity index is 2.05. The van der Waals surface area contributed by atoms with Gasteiger partial charge in [-0.25, -0.2) is 0 Å². The van der Waals surface area contributed by atoms with Gasteiger partial charge in [0.15, 0.2) is 0 Å². The summed E-state index contributed by atoms with van der Waals surface area (Å²) in [4.78, 5) is 3.51. The summed E-state index contributed by atoms with van der Waals surface area (Å²) in [7, 11) is 1.85. The molecule has 2 rings (SSSR count). The largest absolute Gasteiger partial charge is 0.401 e. The fourth-order valence-electron chi connectivity index (χ4n) is 2.63. The van der Waals surface area contributed by atoms with Crippen LogP contribution in [0.5, 0.6) is 0 Å². The molecule has 0 amide bonds. The lowest BCUT2D eigenvalue weighted by Gasteiger charge is -2.37. The zero-order valence-electron chi connectivity index (χ0n) is 11.9. The highest BCUT2D eigenvalue weighted by atomic mass is 35.5. The highest BCUT2D eigenvalue weighted by Gasteiger charge is 2.32. The Morgan fingerprint density at radius 2 is 1.86 bits per heavy atom. The molecule has 0 aliphatic carbocycles. The molecule has 1 saturated heterocycles. The zero-order valence-corrected chi connectivity index (χ0v) is 12.6. The quantitative estimate of drug-likeness (QED) is 0.920. The Morgan fingerprint density at radius 1 is 1.19 bits per heavy atom. The predicted molar refractivity (Wildman–Crippen MR) is 78.9 cm³/mol. The van der Waals surface area contributed by atoms with E-state index in [0.29, 0.717) is 37.7 Å². The van der Waals surface area contributed by atoms with E-state index in [2.05, 4.69) is 10.2 Å². The average molecular weight is 322 g/mol. The van der Waals surface area contributed by atoms with Crippen molar-refractivity contribution in [3.8, 4) is 0 Å². The van der Waals surface area contributed by atoms with Crippen molar-refractivity contribution in [2.45, 2.75) is 12.7 Å². The van der Waals surface area contributed by atoms with E-state index < -0.39 is 12.7 Å². The van der Waals surface area contributed by atoms with Crippen molar-refractivity contribution >= 4 is 17.3 Å². The lowest BCUT2D eigenvalue weighted by atomic mass is 10.1. The van der Waals surface area contributed by atoms with Crippen molar-refractivity contribution in [2.24, 2.45) is 0 Å². The van der Waals surface area contributed by atoms with Gasteiger partial charge in [0.05, 0.1) is 17.3 Å². The molecule has 1 N–H and O–H groups in total. The Labute approximate surface area is 127 Å². The van der Waals surface area contributed by atoms with E-state index in [0.717, 1.165) is 11.3 Å². The lowest BCUT2D eigenvalue weighted by Crippen LogP contribution is -2.49. The second kappa shape index (κ2) is 6.85. The number of piperazine rings is 1. The fourth-order valence-corrected chi connectivity index (χ4v) is 2.94. The first-order chi connectivity index (χ1) is 9.90. The maximum Gasteiger partial charge on any atom is 0.401 e. The van der Waals surface area contributed by atoms with E-state index in [1.165, 1.54) is 4.90 Å². The number of nitrogens with zero attached hydrogens (tertiary/aromatic N) is 2. The number of anilines is 1. The minimum Gasteiger partial charge on any atom is -0.368 e. The first kappa shape index (κ1) is 16.4. The lowest BCUT2D eigenvalue weighted by molar-refractivity contribution is -0.146. The maximum atomic E-state index is 12.4. The second-order valence-corrected chi connectivity index (χ2v) is 5.56. The van der Waals surface area contributed by atoms with Crippen molar-refractivity contribution < 1.29 is 13.2 Å². The number of benzene rings is 1. The molecule has 1 aromatic carbocycles. The number of alkyl halides is 3. The third-order valence-electron chi connectivity index (χ3n) is 3.53. The third-order valence-corrected chi connectivity index (χ3v) is 3.83. The first-order valence-corrected chi connectivity index (χ1v) is 7.24. The molecule has 1 heterocycles. The molecule has 0 radical (unpaired) electrons. The van der Waals surface area contributed by atoms with E-state index >= 15 is 0 Å². The molecule has 1 aliphatic heterocycles. The van der Waals surface area contributed by atoms with Gasteiger partial charge in [-0.2, -0.15) is 13.2 Å². The van der Waals surface area contributed by atoms with Gasteiger partial charge >= 0.3 is 6.18 Å². The van der Waals surface area contributed by atoms with Gasteiger partial charge in [-0.05, 0) is 18.7 Å². The molecular formula is C14H19ClF3N3. The van der Waals surface area contributed by atoms with Crippen LogP contribution in [0.4, 0.5) is 18.9 Å². The molecule has 0 spiro atoms. The summed E-state index contributed by atoms with van der Waals surface area (Å²) in [5, 5.41) is 3.73. The molecule has 0 aromatic heterocycles. The van der Waals surface area contributed by atoms with Gasteiger partial charge in [0.1, 0.15) is 0 Å². The zero-order chi connectivity index (χ0) is 15.5. The van der Waals surface area contributed by atoms with Gasteiger partial charge in [0.25, 0.3) is 0 Å². The van der Waals surface area contributed by atoms with E-state index in [-0.39, 0.29) is 0 Å². The van der Waals surface area contributed by atoms with Crippen LogP contribution in [0.15, 0.2) is 18.2 Å². The number of hydrogen-bond acceptors (Lipinski definition) is 3. The molecule has 0 atom stereocenters. The number of halogens is 4. The van der Waals surface area contributed by atoms with Gasteiger partial charge in [-0.15, -0.1) is 0 Å². The molecule has 3 nitrogen and oxygen atoms in total. The van der Waals surface area contributed by atoms with Crippen LogP contribution in [0.25, 0.3) is 0 Å². The summed E-state index contributed by atoms with van der Waals surface area (Å²) in [5.74, 6) is 0. The Kier molecular flexibility index (Phi) is 5.35. The Hall–Kier alpha value is -0.980. The summed E-state index contributed by atoms with van der Waals surface area (Å²) in [6, 6.07) is 5.69. The number of rotatable bonds is 4. The Morgan fingerprint density at radius 3 is 2.43 bits per heavy atom. The number of hydrogen-bond donors (Lipinski definition) is 1. The monoisotopic (exact) mass is 321 g/mol. The summed E-state index contributed by atoms with van der Waals surface area (Å²) >= 11 is 6.28. The fraction of sp³-hybridized carbons (Fsp3) is 0.571. The van der Waals surface area contributed by atoms with E-state index in [1.807, 2.05) is 25.2 Å². The normalized spacial score (nSPS) is 17.3. The van der Waals surface area contributed by atoms with Crippen molar-refractivity contribution in [3.63, 3.8) is 0 Å². The number of para-hydroxylation sites is 1. The van der Waals surface area contributed by atoms with Crippen LogP contribution in [0.1, 0.15) is 5.56 Å². The molecule has 0 bridgehead atoms. The SMILES string of the molecule is CNCc1cccc(Cl)c1N1CCN(CC(F)(F)F)CC1. The van der Waals surface area contributed by atoms with Crippen molar-refractivity contribution in [1.29, 1.82) is 0 Å². The second-order valence-electron chi connectivity index (χ2n) is 5.16. The topological polar surface area (TPSA) is 18.5 Å². The van der Waals surface area contributed by atoms with Crippen LogP contribution in [0.3, 0.4) is 0 Å². The summed E-state index contributed by atoms with van der Waals surface area (Å²) in [6.07, 6.45) is -4.14. The molecule has 1 aromatic rings. The summed E-state index contributed by atoms with van der Waals surface area (Å²) in [6.45, 7) is 1.73. The molecular weight excluding hydrogens is 303 g/mol. The van der Waals surface area contributed by atoms with Gasteiger partial charge < -0.3 is 10.2 Å². The van der Waals surface area contributed by atoms with Crippen molar-refractivity contribution in [3.05, 3.63) is 28.8 Å². The first-order valence-electron chi connectivity index (χ1n) is 6.87. The molecule has 0 saturated carbocycles. The standard InChI is InChI=1S/C14H19ClF3N3/c1-19-9-11-3-2-4-12(15)13(11)21-7-5-20(6-8-21)10-14(16,17)18/h2-4,19H,5-10H2,1H3. The molecule has 7 heteroatoms. The number of nitrogens with one attached hydrogen (secondary N) is 1. The average Bonchev–Trinajstić information content (AvgIpc) is 2.39. The van der Waals surface area contributed by atoms with Crippen LogP contribution < -0.4 is 10.2 Å². The minimum absolute atomic E-state index is 0.393. The molecule has 1 fully saturated rings. The van der Waals surface area contributed by atoms with Gasteiger partial charge in [-0.3, -0.25) is 4.90 Å². The summed E-state index contributed by atoms with van der Waals surface area (Å²) < 4.78 is 37.2. The van der Waals surface area contributed by atoms with E-state index in [1.54, 1.807) is 0 Å². The van der Waals surface area contributed by atoms with Crippen LogP contribution in [0, 0.1) is 0 Å². The van der Waals surface area contributed by atoms with Crippen LogP contribution in [-0.2, 0) is 6.54 Å².